The summed E-state index contributed by atoms with van der Waals surface area (Å²) in [6.45, 7) is 0. The molecule has 2 saturated carbocycles. The van der Waals surface area contributed by atoms with E-state index in [1.165, 1.54) is 0 Å². The molecule has 72 valence electrons. The van der Waals surface area contributed by atoms with Crippen LogP contribution < -0.4 is 0 Å². The van der Waals surface area contributed by atoms with Gasteiger partial charge in [0.1, 0.15) is 0 Å². The van der Waals surface area contributed by atoms with Crippen molar-refractivity contribution in [3.63, 3.8) is 0 Å². The number of hydrogen-bond acceptors (Lipinski definition) is 2. The third-order valence-corrected chi connectivity index (χ3v) is 3.38. The molecule has 1 spiro atoms. The van der Waals surface area contributed by atoms with Gasteiger partial charge in [0, 0.05) is 0 Å². The molecular formula is C9H12O4. The van der Waals surface area contributed by atoms with Crippen LogP contribution in [0.5, 0.6) is 0 Å². The highest BCUT2D eigenvalue weighted by Gasteiger charge is 2.56. The Morgan fingerprint density at radius 2 is 1.38 bits per heavy atom. The van der Waals surface area contributed by atoms with Gasteiger partial charge in [-0.15, -0.1) is 0 Å². The van der Waals surface area contributed by atoms with E-state index in [4.69, 9.17) is 10.2 Å². The maximum Gasteiger partial charge on any atom is 0.307 e. The van der Waals surface area contributed by atoms with Gasteiger partial charge in [0.05, 0.1) is 11.8 Å². The molecule has 0 aromatic carbocycles. The Balaban J connectivity index is 2.16. The molecule has 2 unspecified atom stereocenters. The molecule has 13 heavy (non-hydrogen) atoms. The summed E-state index contributed by atoms with van der Waals surface area (Å²) in [4.78, 5) is 21.5. The summed E-state index contributed by atoms with van der Waals surface area (Å²) in [5.41, 5.74) is 0.0894. The van der Waals surface area contributed by atoms with Crippen molar-refractivity contribution in [1.29, 1.82) is 0 Å². The molecule has 0 radical (unpaired) electrons. The molecule has 4 heteroatoms. The summed E-state index contributed by atoms with van der Waals surface area (Å²) >= 11 is 0. The van der Waals surface area contributed by atoms with Crippen LogP contribution in [0.1, 0.15) is 25.7 Å². The van der Waals surface area contributed by atoms with Crippen LogP contribution in [0.15, 0.2) is 0 Å². The Morgan fingerprint density at radius 3 is 1.62 bits per heavy atom. The van der Waals surface area contributed by atoms with Crippen LogP contribution in [0.4, 0.5) is 0 Å². The molecule has 2 aliphatic rings. The molecule has 0 aromatic rings. The number of carbonyl (C=O) groups is 2. The van der Waals surface area contributed by atoms with Crippen molar-refractivity contribution in [2.45, 2.75) is 25.7 Å². The minimum absolute atomic E-state index is 0.0894. The molecule has 0 amide bonds. The summed E-state index contributed by atoms with van der Waals surface area (Å²) in [5.74, 6) is -3.20. The third-order valence-electron chi connectivity index (χ3n) is 3.38. The number of aliphatic carboxylic acids is 2. The molecule has 2 fully saturated rings. The van der Waals surface area contributed by atoms with Crippen LogP contribution in [0.3, 0.4) is 0 Å². The van der Waals surface area contributed by atoms with Gasteiger partial charge in [0.15, 0.2) is 0 Å². The van der Waals surface area contributed by atoms with Crippen molar-refractivity contribution >= 4 is 11.9 Å². The van der Waals surface area contributed by atoms with E-state index in [1.807, 2.05) is 0 Å². The SMILES string of the molecule is O=C(O)C1CC2(CC2)CC1C(=O)O. The largest absolute Gasteiger partial charge is 0.481 e. The highest BCUT2D eigenvalue weighted by molar-refractivity contribution is 5.81. The van der Waals surface area contributed by atoms with Crippen LogP contribution in [-0.4, -0.2) is 22.2 Å². The zero-order valence-corrected chi connectivity index (χ0v) is 7.19. The Labute approximate surface area is 75.6 Å². The highest BCUT2D eigenvalue weighted by atomic mass is 16.4. The summed E-state index contributed by atoms with van der Waals surface area (Å²) in [6, 6.07) is 0. The first-order valence-corrected chi connectivity index (χ1v) is 4.50. The van der Waals surface area contributed by atoms with Gasteiger partial charge in [-0.25, -0.2) is 0 Å². The van der Waals surface area contributed by atoms with E-state index in [9.17, 15) is 9.59 Å². The zero-order chi connectivity index (χ0) is 9.64. The molecule has 0 saturated heterocycles. The molecule has 2 N–H and O–H groups in total. The lowest BCUT2D eigenvalue weighted by molar-refractivity contribution is -0.152. The first-order chi connectivity index (χ1) is 6.04. The van der Waals surface area contributed by atoms with E-state index < -0.39 is 23.8 Å². The first-order valence-electron chi connectivity index (χ1n) is 4.50. The van der Waals surface area contributed by atoms with Gasteiger partial charge in [-0.2, -0.15) is 0 Å². The minimum Gasteiger partial charge on any atom is -0.481 e. The summed E-state index contributed by atoms with van der Waals surface area (Å²) in [6.07, 6.45) is 3.17. The number of rotatable bonds is 2. The number of carboxylic acids is 2. The molecule has 2 aliphatic carbocycles. The van der Waals surface area contributed by atoms with E-state index >= 15 is 0 Å². The first kappa shape index (κ1) is 8.53. The lowest BCUT2D eigenvalue weighted by Crippen LogP contribution is -2.24. The van der Waals surface area contributed by atoms with Gasteiger partial charge in [0.2, 0.25) is 0 Å². The fraction of sp³-hybridized carbons (Fsp3) is 0.778. The van der Waals surface area contributed by atoms with Gasteiger partial charge >= 0.3 is 11.9 Å². The zero-order valence-electron chi connectivity index (χ0n) is 7.19. The van der Waals surface area contributed by atoms with Gasteiger partial charge < -0.3 is 10.2 Å². The fourth-order valence-electron chi connectivity index (χ4n) is 2.40. The predicted molar refractivity (Wildman–Crippen MR) is 43.2 cm³/mol. The van der Waals surface area contributed by atoms with E-state index in [-0.39, 0.29) is 5.41 Å². The second-order valence-corrected chi connectivity index (χ2v) is 4.30. The minimum atomic E-state index is -0.948. The van der Waals surface area contributed by atoms with E-state index in [0.29, 0.717) is 12.8 Å². The summed E-state index contributed by atoms with van der Waals surface area (Å²) in [5, 5.41) is 17.7. The van der Waals surface area contributed by atoms with Crippen molar-refractivity contribution in [3.05, 3.63) is 0 Å². The van der Waals surface area contributed by atoms with Crippen LogP contribution >= 0.6 is 0 Å². The van der Waals surface area contributed by atoms with Crippen molar-refractivity contribution < 1.29 is 19.8 Å². The molecule has 2 rings (SSSR count). The van der Waals surface area contributed by atoms with Crippen molar-refractivity contribution in [2.75, 3.05) is 0 Å². The van der Waals surface area contributed by atoms with Gasteiger partial charge in [-0.3, -0.25) is 9.59 Å². The van der Waals surface area contributed by atoms with Crippen LogP contribution in [-0.2, 0) is 9.59 Å². The Hall–Kier alpha value is -1.06. The monoisotopic (exact) mass is 184 g/mol. The summed E-state index contributed by atoms with van der Waals surface area (Å²) < 4.78 is 0. The fourth-order valence-corrected chi connectivity index (χ4v) is 2.40. The molecule has 0 aliphatic heterocycles. The third kappa shape index (κ3) is 1.30. The lowest BCUT2D eigenvalue weighted by atomic mass is 9.97. The second kappa shape index (κ2) is 2.47. The van der Waals surface area contributed by atoms with Crippen molar-refractivity contribution in [3.8, 4) is 0 Å². The highest BCUT2D eigenvalue weighted by Crippen LogP contribution is 2.61. The quantitative estimate of drug-likeness (QED) is 0.670. The van der Waals surface area contributed by atoms with Crippen molar-refractivity contribution in [1.82, 2.24) is 0 Å². The Bertz CT molecular complexity index is 243. The summed E-state index contributed by atoms with van der Waals surface area (Å²) in [7, 11) is 0. The van der Waals surface area contributed by atoms with Crippen LogP contribution in [0.2, 0.25) is 0 Å². The van der Waals surface area contributed by atoms with Crippen LogP contribution in [0.25, 0.3) is 0 Å². The second-order valence-electron chi connectivity index (χ2n) is 4.30. The standard InChI is InChI=1S/C9H12O4/c10-7(11)5-3-9(1-2-9)4-6(5)8(12)13/h5-6H,1-4H2,(H,10,11)(H,12,13). The molecular weight excluding hydrogens is 172 g/mol. The normalized spacial score (nSPS) is 34.8. The van der Waals surface area contributed by atoms with E-state index in [1.54, 1.807) is 0 Å². The lowest BCUT2D eigenvalue weighted by Gasteiger charge is -2.08. The van der Waals surface area contributed by atoms with Crippen molar-refractivity contribution in [2.24, 2.45) is 17.3 Å². The molecule has 2 atom stereocenters. The maximum absolute atomic E-state index is 10.8. The predicted octanol–water partition coefficient (Wildman–Crippen LogP) is 0.962. The van der Waals surface area contributed by atoms with Gasteiger partial charge in [-0.1, -0.05) is 0 Å². The number of carboxylic acid groups (broad SMARTS) is 2. The average molecular weight is 184 g/mol. The Morgan fingerprint density at radius 1 is 1.00 bits per heavy atom. The van der Waals surface area contributed by atoms with Gasteiger partial charge in [0.25, 0.3) is 0 Å². The smallest absolute Gasteiger partial charge is 0.307 e. The van der Waals surface area contributed by atoms with Crippen LogP contribution in [0, 0.1) is 17.3 Å². The molecule has 0 aromatic heterocycles. The maximum atomic E-state index is 10.8. The Kier molecular flexibility index (Phi) is 1.62. The average Bonchev–Trinajstić information content (AvgIpc) is 2.60. The molecule has 4 nitrogen and oxygen atoms in total. The van der Waals surface area contributed by atoms with E-state index in [0.717, 1.165) is 12.8 Å². The molecule has 0 heterocycles. The van der Waals surface area contributed by atoms with E-state index in [2.05, 4.69) is 0 Å². The molecule has 0 bridgehead atoms. The van der Waals surface area contributed by atoms with Gasteiger partial charge in [-0.05, 0) is 31.1 Å². The number of hydrogen-bond donors (Lipinski definition) is 2. The topological polar surface area (TPSA) is 74.6 Å².